The average Bonchev–Trinajstić information content (AvgIpc) is 3.11. The van der Waals surface area contributed by atoms with Crippen LogP contribution in [0, 0.1) is 11.8 Å². The van der Waals surface area contributed by atoms with Crippen molar-refractivity contribution in [3.05, 3.63) is 0 Å². The van der Waals surface area contributed by atoms with Crippen LogP contribution in [-0.4, -0.2) is 38.4 Å². The van der Waals surface area contributed by atoms with Gasteiger partial charge in [-0.15, -0.1) is 23.5 Å². The SMILES string of the molecule is S=C(N[C@H]1C[C@@H]2CC[C@@H]1C2)NN1[C@@H]2CS[C@@H]1CS2. The van der Waals surface area contributed by atoms with E-state index in [1.165, 1.54) is 37.2 Å². The molecule has 0 radical (unpaired) electrons. The summed E-state index contributed by atoms with van der Waals surface area (Å²) in [6, 6.07) is 0.643. The predicted octanol–water partition coefficient (Wildman–Crippen LogP) is 2.00. The molecule has 2 heterocycles. The molecule has 0 unspecified atom stereocenters. The summed E-state index contributed by atoms with van der Waals surface area (Å²) in [6.07, 6.45) is 5.63. The van der Waals surface area contributed by atoms with Crippen molar-refractivity contribution in [2.75, 3.05) is 11.5 Å². The van der Waals surface area contributed by atoms with Crippen molar-refractivity contribution in [2.45, 2.75) is 42.5 Å². The molecule has 4 bridgehead atoms. The fourth-order valence-corrected chi connectivity index (χ4v) is 7.26. The van der Waals surface area contributed by atoms with Crippen LogP contribution in [0.15, 0.2) is 0 Å². The minimum absolute atomic E-state index is 0.625. The fraction of sp³-hybridized carbons (Fsp3) is 0.917. The number of rotatable bonds is 2. The zero-order valence-electron chi connectivity index (χ0n) is 10.3. The Balaban J connectivity index is 1.32. The summed E-state index contributed by atoms with van der Waals surface area (Å²) in [7, 11) is 0. The van der Waals surface area contributed by atoms with Crippen molar-refractivity contribution in [2.24, 2.45) is 11.8 Å². The molecule has 2 N–H and O–H groups in total. The Hall–Kier alpha value is 0.350. The number of fused-ring (bicyclic) bond motifs is 4. The lowest BCUT2D eigenvalue weighted by molar-refractivity contribution is 0.250. The fourth-order valence-electron chi connectivity index (χ4n) is 3.87. The summed E-state index contributed by atoms with van der Waals surface area (Å²) in [4.78, 5) is 0. The molecule has 2 saturated carbocycles. The van der Waals surface area contributed by atoms with Crippen molar-refractivity contribution in [1.82, 2.24) is 15.8 Å². The Morgan fingerprint density at radius 2 is 1.89 bits per heavy atom. The molecule has 3 nitrogen and oxygen atoms in total. The summed E-state index contributed by atoms with van der Waals surface area (Å²) in [5.74, 6) is 4.33. The van der Waals surface area contributed by atoms with Crippen LogP contribution in [-0.2, 0) is 0 Å². The molecule has 6 heteroatoms. The number of thioether (sulfide) groups is 2. The molecule has 4 fully saturated rings. The van der Waals surface area contributed by atoms with Gasteiger partial charge in [0, 0.05) is 17.5 Å². The van der Waals surface area contributed by atoms with E-state index in [0.29, 0.717) is 16.8 Å². The highest BCUT2D eigenvalue weighted by atomic mass is 32.2. The first-order chi connectivity index (χ1) is 8.79. The molecule has 0 aromatic carbocycles. The maximum atomic E-state index is 5.49. The number of hydrogen-bond acceptors (Lipinski definition) is 4. The average molecular weight is 302 g/mol. The number of nitrogens with zero attached hydrogens (tertiary/aromatic N) is 1. The quantitative estimate of drug-likeness (QED) is 0.758. The first-order valence-corrected chi connectivity index (χ1v) is 9.39. The molecule has 2 aliphatic heterocycles. The van der Waals surface area contributed by atoms with Gasteiger partial charge in [-0.1, -0.05) is 6.42 Å². The van der Waals surface area contributed by atoms with E-state index < -0.39 is 0 Å². The van der Waals surface area contributed by atoms with E-state index in [1.807, 2.05) is 0 Å². The van der Waals surface area contributed by atoms with Crippen LogP contribution in [0.3, 0.4) is 0 Å². The highest BCUT2D eigenvalue weighted by Gasteiger charge is 2.43. The molecule has 0 amide bonds. The van der Waals surface area contributed by atoms with Crippen LogP contribution in [0.4, 0.5) is 0 Å². The van der Waals surface area contributed by atoms with Gasteiger partial charge in [-0.05, 0) is 43.3 Å². The van der Waals surface area contributed by atoms with Crippen LogP contribution in [0.25, 0.3) is 0 Å². The van der Waals surface area contributed by atoms with Crippen molar-refractivity contribution in [3.63, 3.8) is 0 Å². The van der Waals surface area contributed by atoms with Crippen molar-refractivity contribution < 1.29 is 0 Å². The lowest BCUT2D eigenvalue weighted by Gasteiger charge is -2.28. The highest BCUT2D eigenvalue weighted by Crippen LogP contribution is 2.45. The number of nitrogens with one attached hydrogen (secondary N) is 2. The molecule has 0 aromatic rings. The first-order valence-electron chi connectivity index (χ1n) is 6.88. The van der Waals surface area contributed by atoms with Crippen molar-refractivity contribution >= 4 is 40.9 Å². The van der Waals surface area contributed by atoms with E-state index in [4.69, 9.17) is 12.2 Å². The minimum atomic E-state index is 0.625. The Morgan fingerprint density at radius 3 is 2.44 bits per heavy atom. The number of hydrazine groups is 1. The molecule has 2 saturated heterocycles. The summed E-state index contributed by atoms with van der Waals surface area (Å²) >= 11 is 9.60. The zero-order valence-corrected chi connectivity index (χ0v) is 12.8. The maximum Gasteiger partial charge on any atom is 0.181 e. The number of hydrogen-bond donors (Lipinski definition) is 2. The third-order valence-electron chi connectivity index (χ3n) is 4.77. The van der Waals surface area contributed by atoms with E-state index >= 15 is 0 Å². The molecule has 18 heavy (non-hydrogen) atoms. The summed E-state index contributed by atoms with van der Waals surface area (Å²) in [6.45, 7) is 0. The van der Waals surface area contributed by atoms with E-state index in [-0.39, 0.29) is 0 Å². The van der Waals surface area contributed by atoms with Gasteiger partial charge in [0.15, 0.2) is 5.11 Å². The van der Waals surface area contributed by atoms with Crippen LogP contribution in [0.1, 0.15) is 25.7 Å². The third kappa shape index (κ3) is 2.05. The summed E-state index contributed by atoms with van der Waals surface area (Å²) in [5, 5.41) is 8.03. The second-order valence-electron chi connectivity index (χ2n) is 5.85. The molecule has 5 atom stereocenters. The molecule has 100 valence electrons. The lowest BCUT2D eigenvalue weighted by Crippen LogP contribution is -2.52. The number of thiocarbonyl (C=S) groups is 1. The van der Waals surface area contributed by atoms with Gasteiger partial charge < -0.3 is 5.32 Å². The monoisotopic (exact) mass is 301 g/mol. The van der Waals surface area contributed by atoms with Gasteiger partial charge in [-0.3, -0.25) is 5.43 Å². The molecule has 4 rings (SSSR count). The first kappa shape index (κ1) is 12.1. The predicted molar refractivity (Wildman–Crippen MR) is 82.4 cm³/mol. The molecule has 2 aliphatic carbocycles. The van der Waals surface area contributed by atoms with Crippen LogP contribution in [0.5, 0.6) is 0 Å². The van der Waals surface area contributed by atoms with Gasteiger partial charge in [0.1, 0.15) is 0 Å². The van der Waals surface area contributed by atoms with Crippen molar-refractivity contribution in [3.8, 4) is 0 Å². The van der Waals surface area contributed by atoms with Gasteiger partial charge in [0.25, 0.3) is 0 Å². The van der Waals surface area contributed by atoms with Gasteiger partial charge in [-0.2, -0.15) is 5.01 Å². The Kier molecular flexibility index (Phi) is 3.18. The largest absolute Gasteiger partial charge is 0.359 e. The van der Waals surface area contributed by atoms with E-state index in [0.717, 1.165) is 16.9 Å². The van der Waals surface area contributed by atoms with Gasteiger partial charge in [0.2, 0.25) is 0 Å². The Bertz CT molecular complexity index is 344. The lowest BCUT2D eigenvalue weighted by atomic mass is 9.96. The second kappa shape index (κ2) is 4.72. The summed E-state index contributed by atoms with van der Waals surface area (Å²) < 4.78 is 0. The van der Waals surface area contributed by atoms with Crippen molar-refractivity contribution in [1.29, 1.82) is 0 Å². The van der Waals surface area contributed by atoms with E-state index in [9.17, 15) is 0 Å². The standard InChI is InChI=1S/C12H19N3S3/c16-12(13-9-4-7-1-2-8(9)3-7)14-15-10-5-17-11(15)6-18-10/h7-11H,1-6H2,(H2,13,14,16)/t7-,8-,9+,10-,11+/m1/s1. The molecule has 0 aromatic heterocycles. The van der Waals surface area contributed by atoms with Gasteiger partial charge in [0.05, 0.1) is 10.7 Å². The minimum Gasteiger partial charge on any atom is -0.359 e. The second-order valence-corrected chi connectivity index (χ2v) is 8.68. The van der Waals surface area contributed by atoms with E-state index in [1.54, 1.807) is 0 Å². The normalized spacial score (nSPS) is 45.7. The molecular weight excluding hydrogens is 282 g/mol. The third-order valence-corrected chi connectivity index (χ3v) is 7.97. The van der Waals surface area contributed by atoms with Gasteiger partial charge in [-0.25, -0.2) is 0 Å². The van der Waals surface area contributed by atoms with Crippen LogP contribution in [0.2, 0.25) is 0 Å². The topological polar surface area (TPSA) is 27.3 Å². The Morgan fingerprint density at radius 1 is 1.11 bits per heavy atom. The molecule has 4 aliphatic rings. The molecule has 0 spiro atoms. The smallest absolute Gasteiger partial charge is 0.181 e. The van der Waals surface area contributed by atoms with Crippen LogP contribution >= 0.6 is 35.7 Å². The van der Waals surface area contributed by atoms with E-state index in [2.05, 4.69) is 39.3 Å². The Labute approximate surface area is 122 Å². The highest BCUT2D eigenvalue weighted by molar-refractivity contribution is 8.07. The summed E-state index contributed by atoms with van der Waals surface area (Å²) in [5.41, 5.74) is 3.44. The molecular formula is C12H19N3S3. The zero-order chi connectivity index (χ0) is 12.1. The van der Waals surface area contributed by atoms with Gasteiger partial charge >= 0.3 is 0 Å². The van der Waals surface area contributed by atoms with Crippen LogP contribution < -0.4 is 10.7 Å². The maximum absolute atomic E-state index is 5.49.